The second-order valence-corrected chi connectivity index (χ2v) is 9.31. The summed E-state index contributed by atoms with van der Waals surface area (Å²) in [5, 5.41) is 0.588. The summed E-state index contributed by atoms with van der Waals surface area (Å²) in [6.07, 6.45) is 1.99. The first-order chi connectivity index (χ1) is 15.4. The van der Waals surface area contributed by atoms with Crippen molar-refractivity contribution < 1.29 is 14.3 Å². The molecule has 0 N–H and O–H groups in total. The molecule has 2 aliphatic rings. The summed E-state index contributed by atoms with van der Waals surface area (Å²) in [5.74, 6) is 0.937. The summed E-state index contributed by atoms with van der Waals surface area (Å²) < 4.78 is 5.73. The molecule has 0 aromatic heterocycles. The molecular formula is C26H29ClN2O3. The Morgan fingerprint density at radius 3 is 2.34 bits per heavy atom. The van der Waals surface area contributed by atoms with Crippen molar-refractivity contribution in [2.45, 2.75) is 33.6 Å². The van der Waals surface area contributed by atoms with Crippen LogP contribution in [-0.4, -0.2) is 36.4 Å². The van der Waals surface area contributed by atoms with E-state index in [0.717, 1.165) is 25.9 Å². The minimum Gasteiger partial charge on any atom is -0.494 e. The molecule has 2 atom stereocenters. The summed E-state index contributed by atoms with van der Waals surface area (Å²) in [5.41, 5.74) is 2.14. The Balaban J connectivity index is 1.77. The lowest BCUT2D eigenvalue weighted by molar-refractivity contribution is -0.120. The van der Waals surface area contributed by atoms with E-state index < -0.39 is 0 Å². The molecule has 6 heteroatoms. The van der Waals surface area contributed by atoms with Crippen molar-refractivity contribution in [3.05, 3.63) is 64.8 Å². The molecule has 0 radical (unpaired) electrons. The largest absolute Gasteiger partial charge is 0.494 e. The van der Waals surface area contributed by atoms with Gasteiger partial charge in [-0.15, -0.1) is 0 Å². The van der Waals surface area contributed by atoms with Crippen LogP contribution in [0.5, 0.6) is 5.75 Å². The van der Waals surface area contributed by atoms with Crippen LogP contribution in [0.15, 0.2) is 54.2 Å². The zero-order valence-electron chi connectivity index (χ0n) is 18.8. The Morgan fingerprint density at radius 1 is 1.00 bits per heavy atom. The first-order valence-corrected chi connectivity index (χ1v) is 11.6. The number of carbonyl (C=O) groups excluding carboxylic acids is 2. The van der Waals surface area contributed by atoms with Crippen LogP contribution < -0.4 is 9.64 Å². The average Bonchev–Trinajstić information content (AvgIpc) is 3.02. The fourth-order valence-electron chi connectivity index (χ4n) is 4.70. The van der Waals surface area contributed by atoms with E-state index in [-0.39, 0.29) is 11.8 Å². The standard InChI is InChI=1S/C26H29ClN2O3/c1-4-12-32-22-7-5-6-21(14-22)29-25(30)23(19-8-10-20(27)11-9-19)24(26(29)31)28-15-17(2)13-18(3)16-28/h5-11,14,17-18H,4,12-13,15-16H2,1-3H3. The number of hydrogen-bond acceptors (Lipinski definition) is 4. The third-order valence-corrected chi connectivity index (χ3v) is 6.18. The van der Waals surface area contributed by atoms with E-state index in [1.807, 2.05) is 31.2 Å². The number of imide groups is 1. The van der Waals surface area contributed by atoms with Crippen LogP contribution in [0.4, 0.5) is 5.69 Å². The molecule has 2 aliphatic heterocycles. The van der Waals surface area contributed by atoms with Crippen LogP contribution in [0.3, 0.4) is 0 Å². The minimum absolute atomic E-state index is 0.283. The quantitative estimate of drug-likeness (QED) is 0.551. The van der Waals surface area contributed by atoms with Crippen molar-refractivity contribution in [3.8, 4) is 5.75 Å². The second kappa shape index (κ2) is 9.37. The van der Waals surface area contributed by atoms with E-state index in [9.17, 15) is 9.59 Å². The zero-order valence-corrected chi connectivity index (χ0v) is 19.6. The number of hydrogen-bond donors (Lipinski definition) is 0. The number of halogens is 1. The van der Waals surface area contributed by atoms with E-state index in [2.05, 4.69) is 18.7 Å². The summed E-state index contributed by atoms with van der Waals surface area (Å²) in [4.78, 5) is 30.8. The molecular weight excluding hydrogens is 424 g/mol. The van der Waals surface area contributed by atoms with Gasteiger partial charge in [0.2, 0.25) is 0 Å². The monoisotopic (exact) mass is 452 g/mol. The molecule has 2 aromatic carbocycles. The van der Waals surface area contributed by atoms with Gasteiger partial charge in [0.15, 0.2) is 0 Å². The number of piperidine rings is 1. The highest BCUT2D eigenvalue weighted by molar-refractivity contribution is 6.45. The van der Waals surface area contributed by atoms with E-state index in [1.54, 1.807) is 24.3 Å². The number of rotatable bonds is 6. The molecule has 5 nitrogen and oxygen atoms in total. The van der Waals surface area contributed by atoms with Gasteiger partial charge in [-0.2, -0.15) is 0 Å². The van der Waals surface area contributed by atoms with E-state index >= 15 is 0 Å². The molecule has 0 saturated carbocycles. The molecule has 1 saturated heterocycles. The van der Waals surface area contributed by atoms with Crippen LogP contribution in [-0.2, 0) is 9.59 Å². The number of nitrogens with zero attached hydrogens (tertiary/aromatic N) is 2. The lowest BCUT2D eigenvalue weighted by Gasteiger charge is -2.37. The molecule has 0 bridgehead atoms. The second-order valence-electron chi connectivity index (χ2n) is 8.87. The smallest absolute Gasteiger partial charge is 0.282 e. The van der Waals surface area contributed by atoms with Gasteiger partial charge >= 0.3 is 0 Å². The predicted octanol–water partition coefficient (Wildman–Crippen LogP) is 5.39. The van der Waals surface area contributed by atoms with Gasteiger partial charge in [-0.3, -0.25) is 9.59 Å². The number of benzene rings is 2. The zero-order chi connectivity index (χ0) is 22.8. The number of anilines is 1. The molecule has 168 valence electrons. The molecule has 1 fully saturated rings. The highest BCUT2D eigenvalue weighted by Crippen LogP contribution is 2.38. The Kier molecular flexibility index (Phi) is 6.56. The number of likely N-dealkylation sites (tertiary alicyclic amines) is 1. The van der Waals surface area contributed by atoms with Gasteiger partial charge in [-0.25, -0.2) is 4.90 Å². The summed E-state index contributed by atoms with van der Waals surface area (Å²) >= 11 is 6.09. The van der Waals surface area contributed by atoms with Gasteiger partial charge in [0.1, 0.15) is 11.4 Å². The summed E-state index contributed by atoms with van der Waals surface area (Å²) in [6.45, 7) is 8.50. The predicted molar refractivity (Wildman–Crippen MR) is 128 cm³/mol. The molecule has 2 heterocycles. The third-order valence-electron chi connectivity index (χ3n) is 5.93. The lowest BCUT2D eigenvalue weighted by atomic mass is 9.91. The first kappa shape index (κ1) is 22.4. The fraction of sp³-hybridized carbons (Fsp3) is 0.385. The molecule has 2 aromatic rings. The normalized spacial score (nSPS) is 21.5. The van der Waals surface area contributed by atoms with Crippen LogP contribution in [0.1, 0.15) is 39.2 Å². The van der Waals surface area contributed by atoms with E-state index in [4.69, 9.17) is 16.3 Å². The van der Waals surface area contributed by atoms with Crippen LogP contribution >= 0.6 is 11.6 Å². The minimum atomic E-state index is -0.314. The van der Waals surface area contributed by atoms with Crippen LogP contribution in [0.2, 0.25) is 5.02 Å². The van der Waals surface area contributed by atoms with Crippen molar-refractivity contribution >= 4 is 34.7 Å². The lowest BCUT2D eigenvalue weighted by Crippen LogP contribution is -2.42. The maximum absolute atomic E-state index is 13.7. The Morgan fingerprint density at radius 2 is 1.69 bits per heavy atom. The number of amides is 2. The number of ether oxygens (including phenoxy) is 1. The Labute approximate surface area is 194 Å². The highest BCUT2D eigenvalue weighted by Gasteiger charge is 2.43. The van der Waals surface area contributed by atoms with E-state index in [1.165, 1.54) is 4.90 Å². The Hall–Kier alpha value is -2.79. The fourth-order valence-corrected chi connectivity index (χ4v) is 4.83. The van der Waals surface area contributed by atoms with Crippen molar-refractivity contribution in [1.82, 2.24) is 4.90 Å². The van der Waals surface area contributed by atoms with Gasteiger partial charge < -0.3 is 9.64 Å². The SMILES string of the molecule is CCCOc1cccc(N2C(=O)C(c3ccc(Cl)cc3)=C(N3CC(C)CC(C)C3)C2=O)c1. The topological polar surface area (TPSA) is 49.9 Å². The van der Waals surface area contributed by atoms with Gasteiger partial charge in [0.25, 0.3) is 11.8 Å². The van der Waals surface area contributed by atoms with Gasteiger partial charge in [0.05, 0.1) is 17.9 Å². The molecule has 2 unspecified atom stereocenters. The molecule has 0 spiro atoms. The molecule has 32 heavy (non-hydrogen) atoms. The van der Waals surface area contributed by atoms with Gasteiger partial charge in [-0.05, 0) is 54.5 Å². The van der Waals surface area contributed by atoms with E-state index in [0.29, 0.717) is 51.7 Å². The third kappa shape index (κ3) is 4.40. The first-order valence-electron chi connectivity index (χ1n) is 11.3. The maximum atomic E-state index is 13.7. The van der Waals surface area contributed by atoms with Crippen molar-refractivity contribution in [2.24, 2.45) is 11.8 Å². The Bertz CT molecular complexity index is 1040. The number of carbonyl (C=O) groups is 2. The van der Waals surface area contributed by atoms with Gasteiger partial charge in [0, 0.05) is 24.2 Å². The van der Waals surface area contributed by atoms with Gasteiger partial charge in [-0.1, -0.05) is 50.6 Å². The van der Waals surface area contributed by atoms with Crippen molar-refractivity contribution in [3.63, 3.8) is 0 Å². The van der Waals surface area contributed by atoms with Crippen LogP contribution in [0.25, 0.3) is 5.57 Å². The molecule has 4 rings (SSSR count). The molecule has 0 aliphatic carbocycles. The summed E-state index contributed by atoms with van der Waals surface area (Å²) in [6, 6.07) is 14.3. The average molecular weight is 453 g/mol. The molecule has 2 amide bonds. The highest BCUT2D eigenvalue weighted by atomic mass is 35.5. The van der Waals surface area contributed by atoms with Crippen LogP contribution in [0, 0.1) is 11.8 Å². The maximum Gasteiger partial charge on any atom is 0.282 e. The van der Waals surface area contributed by atoms with Crippen molar-refractivity contribution in [2.75, 3.05) is 24.6 Å². The summed E-state index contributed by atoms with van der Waals surface area (Å²) in [7, 11) is 0. The van der Waals surface area contributed by atoms with Crippen molar-refractivity contribution in [1.29, 1.82) is 0 Å².